The highest BCUT2D eigenvalue weighted by Gasteiger charge is 2.36. The maximum Gasteiger partial charge on any atom is 0.410 e. The molecule has 0 aliphatic carbocycles. The molecule has 1 fully saturated rings. The van der Waals surface area contributed by atoms with Gasteiger partial charge >= 0.3 is 6.09 Å². The zero-order valence-electron chi connectivity index (χ0n) is 13.8. The van der Waals surface area contributed by atoms with Gasteiger partial charge in [0, 0.05) is 36.9 Å². The van der Waals surface area contributed by atoms with Crippen molar-refractivity contribution in [3.05, 3.63) is 18.2 Å². The molecule has 0 spiro atoms. The van der Waals surface area contributed by atoms with E-state index in [0.717, 1.165) is 32.5 Å². The molecule has 0 N–H and O–H groups in total. The molecule has 0 aromatic carbocycles. The molecule has 2 rings (SSSR count). The molecule has 0 bridgehead atoms. The third-order valence-electron chi connectivity index (χ3n) is 4.19. The second kappa shape index (κ2) is 5.70. The number of amides is 1. The fraction of sp³-hybridized carbons (Fsp3) is 0.750. The third kappa shape index (κ3) is 3.57. The van der Waals surface area contributed by atoms with Gasteiger partial charge in [0.05, 0.1) is 6.33 Å². The highest BCUT2D eigenvalue weighted by Crippen LogP contribution is 2.35. The van der Waals surface area contributed by atoms with Crippen molar-refractivity contribution < 1.29 is 9.53 Å². The summed E-state index contributed by atoms with van der Waals surface area (Å²) in [7, 11) is 0. The SMILES string of the molecule is CCn1cncc1C1(C)CCN(C(=O)OC(C)(C)C)CC1. The number of likely N-dealkylation sites (tertiary alicyclic amines) is 1. The number of aromatic nitrogens is 2. The van der Waals surface area contributed by atoms with Crippen LogP contribution in [0.15, 0.2) is 12.5 Å². The normalized spacial score (nSPS) is 18.6. The van der Waals surface area contributed by atoms with E-state index in [-0.39, 0.29) is 11.5 Å². The van der Waals surface area contributed by atoms with Crippen molar-refractivity contribution in [1.82, 2.24) is 14.5 Å². The van der Waals surface area contributed by atoms with Crippen LogP contribution in [-0.2, 0) is 16.7 Å². The van der Waals surface area contributed by atoms with Crippen LogP contribution in [0.1, 0.15) is 53.2 Å². The number of carbonyl (C=O) groups excluding carboxylic acids is 1. The van der Waals surface area contributed by atoms with Crippen LogP contribution < -0.4 is 0 Å². The van der Waals surface area contributed by atoms with Gasteiger partial charge in [0.25, 0.3) is 0 Å². The maximum atomic E-state index is 12.1. The average Bonchev–Trinajstić information content (AvgIpc) is 2.86. The van der Waals surface area contributed by atoms with Gasteiger partial charge in [0.2, 0.25) is 0 Å². The zero-order valence-corrected chi connectivity index (χ0v) is 13.8. The van der Waals surface area contributed by atoms with Crippen LogP contribution in [0.4, 0.5) is 4.79 Å². The van der Waals surface area contributed by atoms with Crippen LogP contribution in [0.3, 0.4) is 0 Å². The van der Waals surface area contributed by atoms with E-state index in [1.165, 1.54) is 5.69 Å². The summed E-state index contributed by atoms with van der Waals surface area (Å²) in [5.41, 5.74) is 0.929. The molecule has 2 heterocycles. The number of carbonyl (C=O) groups is 1. The van der Waals surface area contributed by atoms with Crippen molar-refractivity contribution in [3.63, 3.8) is 0 Å². The first-order chi connectivity index (χ1) is 9.75. The molecule has 1 aliphatic rings. The summed E-state index contributed by atoms with van der Waals surface area (Å²) in [6, 6.07) is 0. The van der Waals surface area contributed by atoms with E-state index in [1.54, 1.807) is 0 Å². The molecule has 1 aromatic heterocycles. The van der Waals surface area contributed by atoms with Gasteiger partial charge in [0.1, 0.15) is 5.60 Å². The largest absolute Gasteiger partial charge is 0.444 e. The fourth-order valence-corrected chi connectivity index (χ4v) is 2.84. The van der Waals surface area contributed by atoms with E-state index < -0.39 is 5.60 Å². The minimum absolute atomic E-state index is 0.0883. The molecule has 0 saturated carbocycles. The molecular weight excluding hydrogens is 266 g/mol. The quantitative estimate of drug-likeness (QED) is 0.841. The number of piperidine rings is 1. The Morgan fingerprint density at radius 2 is 2.00 bits per heavy atom. The van der Waals surface area contributed by atoms with E-state index in [0.29, 0.717) is 0 Å². The van der Waals surface area contributed by atoms with Gasteiger partial charge in [-0.15, -0.1) is 0 Å². The van der Waals surface area contributed by atoms with Gasteiger partial charge in [-0.25, -0.2) is 9.78 Å². The van der Waals surface area contributed by atoms with Crippen LogP contribution in [0, 0.1) is 0 Å². The Hall–Kier alpha value is -1.52. The minimum Gasteiger partial charge on any atom is -0.444 e. The first kappa shape index (κ1) is 15.9. The molecule has 1 aliphatic heterocycles. The van der Waals surface area contributed by atoms with E-state index >= 15 is 0 Å². The first-order valence-electron chi connectivity index (χ1n) is 7.74. The molecule has 118 valence electrons. The van der Waals surface area contributed by atoms with E-state index in [4.69, 9.17) is 4.74 Å². The van der Waals surface area contributed by atoms with Gasteiger partial charge in [-0.1, -0.05) is 6.92 Å². The van der Waals surface area contributed by atoms with E-state index in [1.807, 2.05) is 38.2 Å². The Morgan fingerprint density at radius 3 is 2.52 bits per heavy atom. The lowest BCUT2D eigenvalue weighted by Gasteiger charge is -2.40. The summed E-state index contributed by atoms with van der Waals surface area (Å²) >= 11 is 0. The topological polar surface area (TPSA) is 47.4 Å². The van der Waals surface area contributed by atoms with Gasteiger partial charge < -0.3 is 14.2 Å². The lowest BCUT2D eigenvalue weighted by Crippen LogP contribution is -2.46. The highest BCUT2D eigenvalue weighted by molar-refractivity contribution is 5.68. The van der Waals surface area contributed by atoms with Crippen molar-refractivity contribution in [1.29, 1.82) is 0 Å². The van der Waals surface area contributed by atoms with Gasteiger partial charge in [-0.05, 0) is 40.5 Å². The summed E-state index contributed by atoms with van der Waals surface area (Å²) < 4.78 is 7.65. The minimum atomic E-state index is -0.432. The lowest BCUT2D eigenvalue weighted by molar-refractivity contribution is 0.0168. The molecule has 0 atom stereocenters. The van der Waals surface area contributed by atoms with Crippen LogP contribution in [-0.4, -0.2) is 39.2 Å². The molecule has 21 heavy (non-hydrogen) atoms. The molecular formula is C16H27N3O2. The number of aryl methyl sites for hydroxylation is 1. The maximum absolute atomic E-state index is 12.1. The Morgan fingerprint density at radius 1 is 1.38 bits per heavy atom. The summed E-state index contributed by atoms with van der Waals surface area (Å²) in [6.07, 6.45) is 5.54. The number of imidazole rings is 1. The predicted molar refractivity (Wildman–Crippen MR) is 82.3 cm³/mol. The molecule has 5 heteroatoms. The average molecular weight is 293 g/mol. The van der Waals surface area contributed by atoms with Crippen molar-refractivity contribution in [3.8, 4) is 0 Å². The Kier molecular flexibility index (Phi) is 4.30. The second-order valence-electron chi connectivity index (χ2n) is 7.09. The second-order valence-corrected chi connectivity index (χ2v) is 7.09. The number of hydrogen-bond acceptors (Lipinski definition) is 3. The van der Waals surface area contributed by atoms with Gasteiger partial charge in [0.15, 0.2) is 0 Å². The summed E-state index contributed by atoms with van der Waals surface area (Å²) in [4.78, 5) is 18.2. The number of rotatable bonds is 2. The summed E-state index contributed by atoms with van der Waals surface area (Å²) in [5, 5.41) is 0. The predicted octanol–water partition coefficient (Wildman–Crippen LogP) is 3.19. The van der Waals surface area contributed by atoms with E-state index in [9.17, 15) is 4.79 Å². The fourth-order valence-electron chi connectivity index (χ4n) is 2.84. The Labute approximate surface area is 127 Å². The molecule has 1 saturated heterocycles. The molecule has 1 amide bonds. The number of ether oxygens (including phenoxy) is 1. The summed E-state index contributed by atoms with van der Waals surface area (Å²) in [5.74, 6) is 0. The molecule has 0 radical (unpaired) electrons. The summed E-state index contributed by atoms with van der Waals surface area (Å²) in [6.45, 7) is 12.5. The van der Waals surface area contributed by atoms with Crippen LogP contribution >= 0.6 is 0 Å². The smallest absolute Gasteiger partial charge is 0.410 e. The van der Waals surface area contributed by atoms with Crippen molar-refractivity contribution in [2.45, 2.75) is 65.0 Å². The molecule has 5 nitrogen and oxygen atoms in total. The molecule has 1 aromatic rings. The van der Waals surface area contributed by atoms with Crippen molar-refractivity contribution in [2.24, 2.45) is 0 Å². The Balaban J connectivity index is 2.01. The zero-order chi connectivity index (χ0) is 15.7. The van der Waals surface area contributed by atoms with E-state index in [2.05, 4.69) is 23.4 Å². The molecule has 0 unspecified atom stereocenters. The van der Waals surface area contributed by atoms with Crippen molar-refractivity contribution >= 4 is 6.09 Å². The van der Waals surface area contributed by atoms with Crippen molar-refractivity contribution in [2.75, 3.05) is 13.1 Å². The van der Waals surface area contributed by atoms with Crippen LogP contribution in [0.2, 0.25) is 0 Å². The standard InChI is InChI=1S/C16H27N3O2/c1-6-18-12-17-11-13(18)16(5)7-9-19(10-8-16)14(20)21-15(2,3)4/h11-12H,6-10H2,1-5H3. The first-order valence-corrected chi connectivity index (χ1v) is 7.74. The number of nitrogens with zero attached hydrogens (tertiary/aromatic N) is 3. The Bertz CT molecular complexity index is 494. The van der Waals surface area contributed by atoms with Crippen LogP contribution in [0.25, 0.3) is 0 Å². The number of hydrogen-bond donors (Lipinski definition) is 0. The van der Waals surface area contributed by atoms with Crippen LogP contribution in [0.5, 0.6) is 0 Å². The van der Waals surface area contributed by atoms with Gasteiger partial charge in [-0.2, -0.15) is 0 Å². The third-order valence-corrected chi connectivity index (χ3v) is 4.19. The highest BCUT2D eigenvalue weighted by atomic mass is 16.6. The monoisotopic (exact) mass is 293 g/mol. The van der Waals surface area contributed by atoms with Gasteiger partial charge in [-0.3, -0.25) is 0 Å². The lowest BCUT2D eigenvalue weighted by atomic mass is 9.77.